The van der Waals surface area contributed by atoms with Gasteiger partial charge in [-0.25, -0.2) is 0 Å². The van der Waals surface area contributed by atoms with Crippen molar-refractivity contribution in [3.05, 3.63) is 34.9 Å². The number of hydrogen-bond donors (Lipinski definition) is 1. The maximum absolute atomic E-state index is 9.86. The molecule has 0 radical (unpaired) electrons. The van der Waals surface area contributed by atoms with Crippen molar-refractivity contribution in [3.63, 3.8) is 0 Å². The van der Waals surface area contributed by atoms with E-state index in [2.05, 4.69) is 11.1 Å². The standard InChI is InChI=1S/C17H21ClN2O3/c1-3-8-22-12-15(21)10-20(2)11-16-9-17(19-23-16)13-4-6-14(18)7-5-13/h1,4-7,15-16,21H,8-12H2,2H3. The van der Waals surface area contributed by atoms with Gasteiger partial charge in [-0.1, -0.05) is 34.8 Å². The number of hydrogen-bond acceptors (Lipinski definition) is 5. The second kappa shape index (κ2) is 8.90. The molecule has 2 rings (SSSR count). The van der Waals surface area contributed by atoms with Crippen LogP contribution < -0.4 is 0 Å². The Bertz CT molecular complexity index is 568. The number of likely N-dealkylation sites (N-methyl/N-ethyl adjacent to an activating group) is 1. The summed E-state index contributed by atoms with van der Waals surface area (Å²) in [5.41, 5.74) is 1.93. The van der Waals surface area contributed by atoms with Crippen LogP contribution in [0.25, 0.3) is 0 Å². The zero-order chi connectivity index (χ0) is 16.7. The topological polar surface area (TPSA) is 54.3 Å². The Morgan fingerprint density at radius 3 is 2.96 bits per heavy atom. The third-order valence-electron chi connectivity index (χ3n) is 3.44. The molecule has 0 saturated carbocycles. The number of rotatable bonds is 8. The van der Waals surface area contributed by atoms with Crippen LogP contribution in [0.2, 0.25) is 5.02 Å². The summed E-state index contributed by atoms with van der Waals surface area (Å²) < 4.78 is 5.12. The first-order valence-corrected chi connectivity index (χ1v) is 7.82. The molecule has 0 fully saturated rings. The average molecular weight is 337 g/mol. The smallest absolute Gasteiger partial charge is 0.145 e. The zero-order valence-corrected chi connectivity index (χ0v) is 13.9. The summed E-state index contributed by atoms with van der Waals surface area (Å²) >= 11 is 5.89. The third kappa shape index (κ3) is 5.85. The molecule has 0 amide bonds. The molecule has 23 heavy (non-hydrogen) atoms. The van der Waals surface area contributed by atoms with Gasteiger partial charge in [0.15, 0.2) is 0 Å². The predicted molar refractivity (Wildman–Crippen MR) is 90.6 cm³/mol. The lowest BCUT2D eigenvalue weighted by Crippen LogP contribution is -2.37. The summed E-state index contributed by atoms with van der Waals surface area (Å²) in [6, 6.07) is 7.54. The summed E-state index contributed by atoms with van der Waals surface area (Å²) in [6.07, 6.45) is 5.22. The molecule has 5 nitrogen and oxygen atoms in total. The molecule has 1 aromatic rings. The minimum absolute atomic E-state index is 0.0236. The molecule has 0 aromatic heterocycles. The van der Waals surface area contributed by atoms with Gasteiger partial charge < -0.3 is 14.7 Å². The summed E-state index contributed by atoms with van der Waals surface area (Å²) in [5, 5.41) is 14.7. The van der Waals surface area contributed by atoms with E-state index in [1.165, 1.54) is 0 Å². The van der Waals surface area contributed by atoms with Crippen molar-refractivity contribution in [3.8, 4) is 12.3 Å². The minimum Gasteiger partial charge on any atom is -0.390 e. The lowest BCUT2D eigenvalue weighted by molar-refractivity contribution is 0.0139. The van der Waals surface area contributed by atoms with Crippen LogP contribution in [0.15, 0.2) is 29.4 Å². The molecule has 124 valence electrons. The van der Waals surface area contributed by atoms with Crippen molar-refractivity contribution >= 4 is 17.3 Å². The highest BCUT2D eigenvalue weighted by Crippen LogP contribution is 2.19. The number of halogens is 1. The van der Waals surface area contributed by atoms with Crippen LogP contribution in [-0.4, -0.2) is 61.3 Å². The van der Waals surface area contributed by atoms with Crippen LogP contribution in [0, 0.1) is 12.3 Å². The van der Waals surface area contributed by atoms with Gasteiger partial charge in [-0.05, 0) is 24.7 Å². The lowest BCUT2D eigenvalue weighted by atomic mass is 10.0. The molecule has 2 atom stereocenters. The maximum Gasteiger partial charge on any atom is 0.145 e. The quantitative estimate of drug-likeness (QED) is 0.581. The number of benzene rings is 1. The van der Waals surface area contributed by atoms with E-state index in [0.717, 1.165) is 17.7 Å². The van der Waals surface area contributed by atoms with Gasteiger partial charge in [-0.2, -0.15) is 0 Å². The molecule has 1 aliphatic rings. The van der Waals surface area contributed by atoms with Crippen LogP contribution in [0.5, 0.6) is 0 Å². The fourth-order valence-corrected chi connectivity index (χ4v) is 2.55. The SMILES string of the molecule is C#CCOCC(O)CN(C)CC1CC(c2ccc(Cl)cc2)=NO1. The zero-order valence-electron chi connectivity index (χ0n) is 13.1. The Morgan fingerprint density at radius 2 is 2.26 bits per heavy atom. The van der Waals surface area contributed by atoms with Crippen LogP contribution in [-0.2, 0) is 9.57 Å². The van der Waals surface area contributed by atoms with E-state index in [1.807, 2.05) is 36.2 Å². The van der Waals surface area contributed by atoms with Gasteiger partial charge in [0.1, 0.15) is 12.7 Å². The number of terminal acetylenes is 1. The highest BCUT2D eigenvalue weighted by atomic mass is 35.5. The molecule has 0 bridgehead atoms. The Kier molecular flexibility index (Phi) is 6.87. The Morgan fingerprint density at radius 1 is 1.52 bits per heavy atom. The van der Waals surface area contributed by atoms with Crippen LogP contribution in [0.1, 0.15) is 12.0 Å². The van der Waals surface area contributed by atoms with Gasteiger partial charge in [0.05, 0.1) is 18.4 Å². The van der Waals surface area contributed by atoms with Crippen molar-refractivity contribution in [2.45, 2.75) is 18.6 Å². The van der Waals surface area contributed by atoms with Crippen molar-refractivity contribution < 1.29 is 14.7 Å². The van der Waals surface area contributed by atoms with Crippen molar-refractivity contribution in [1.82, 2.24) is 4.90 Å². The van der Waals surface area contributed by atoms with E-state index < -0.39 is 6.10 Å². The van der Waals surface area contributed by atoms with Crippen molar-refractivity contribution in [1.29, 1.82) is 0 Å². The van der Waals surface area contributed by atoms with Gasteiger partial charge in [-0.3, -0.25) is 4.90 Å². The predicted octanol–water partition coefficient (Wildman–Crippen LogP) is 1.78. The summed E-state index contributed by atoms with van der Waals surface area (Å²) in [6.45, 7) is 1.60. The molecule has 0 saturated heterocycles. The first-order chi connectivity index (χ1) is 11.1. The first kappa shape index (κ1) is 17.8. The fourth-order valence-electron chi connectivity index (χ4n) is 2.43. The monoisotopic (exact) mass is 336 g/mol. The summed E-state index contributed by atoms with van der Waals surface area (Å²) in [5.74, 6) is 2.37. The third-order valence-corrected chi connectivity index (χ3v) is 3.70. The second-order valence-electron chi connectivity index (χ2n) is 5.57. The lowest BCUT2D eigenvalue weighted by Gasteiger charge is -2.22. The number of nitrogens with zero attached hydrogens (tertiary/aromatic N) is 2. The van der Waals surface area contributed by atoms with Gasteiger partial charge in [-0.15, -0.1) is 6.42 Å². The van der Waals surface area contributed by atoms with Crippen LogP contribution in [0.3, 0.4) is 0 Å². The van der Waals surface area contributed by atoms with Gasteiger partial charge >= 0.3 is 0 Å². The van der Waals surface area contributed by atoms with Gasteiger partial charge in [0.2, 0.25) is 0 Å². The molecule has 1 heterocycles. The normalized spacial score (nSPS) is 18.4. The Balaban J connectivity index is 1.73. The van der Waals surface area contributed by atoms with Gasteiger partial charge in [0.25, 0.3) is 0 Å². The second-order valence-corrected chi connectivity index (χ2v) is 6.01. The molecule has 6 heteroatoms. The molecular formula is C17H21ClN2O3. The number of ether oxygens (including phenoxy) is 1. The number of aliphatic hydroxyl groups excluding tert-OH is 1. The van der Waals surface area contributed by atoms with E-state index in [1.54, 1.807) is 0 Å². The molecule has 1 N–H and O–H groups in total. The Hall–Kier alpha value is -1.58. The molecule has 0 aliphatic carbocycles. The highest BCUT2D eigenvalue weighted by Gasteiger charge is 2.24. The van der Waals surface area contributed by atoms with Crippen LogP contribution >= 0.6 is 11.6 Å². The molecule has 1 aromatic carbocycles. The number of aliphatic hydroxyl groups is 1. The minimum atomic E-state index is -0.577. The van der Waals surface area contributed by atoms with E-state index in [9.17, 15) is 5.11 Å². The van der Waals surface area contributed by atoms with Crippen LogP contribution in [0.4, 0.5) is 0 Å². The molecule has 2 unspecified atom stereocenters. The number of oxime groups is 1. The molecule has 0 spiro atoms. The fraction of sp³-hybridized carbons (Fsp3) is 0.471. The molecular weight excluding hydrogens is 316 g/mol. The van der Waals surface area contributed by atoms with E-state index >= 15 is 0 Å². The average Bonchev–Trinajstić information content (AvgIpc) is 2.96. The van der Waals surface area contributed by atoms with E-state index in [4.69, 9.17) is 27.6 Å². The van der Waals surface area contributed by atoms with Gasteiger partial charge in [0, 0.05) is 24.5 Å². The maximum atomic E-state index is 9.86. The Labute approximate surface area is 141 Å². The first-order valence-electron chi connectivity index (χ1n) is 7.45. The molecule has 1 aliphatic heterocycles. The van der Waals surface area contributed by atoms with Crippen molar-refractivity contribution in [2.24, 2.45) is 5.16 Å². The largest absolute Gasteiger partial charge is 0.390 e. The summed E-state index contributed by atoms with van der Waals surface area (Å²) in [4.78, 5) is 7.47. The van der Waals surface area contributed by atoms with E-state index in [0.29, 0.717) is 18.1 Å². The van der Waals surface area contributed by atoms with E-state index in [-0.39, 0.29) is 19.3 Å². The van der Waals surface area contributed by atoms with Crippen molar-refractivity contribution in [2.75, 3.05) is 33.4 Å². The summed E-state index contributed by atoms with van der Waals surface area (Å²) in [7, 11) is 1.92. The highest BCUT2D eigenvalue weighted by molar-refractivity contribution is 6.30.